The average Bonchev–Trinajstić information content (AvgIpc) is 2.65. The predicted octanol–water partition coefficient (Wildman–Crippen LogP) is 2.04. The number of aromatic nitrogens is 2. The van der Waals surface area contributed by atoms with Gasteiger partial charge in [0.2, 0.25) is 10.0 Å². The molecule has 0 radical (unpaired) electrons. The second kappa shape index (κ2) is 6.17. The van der Waals surface area contributed by atoms with Gasteiger partial charge in [0.1, 0.15) is 11.3 Å². The van der Waals surface area contributed by atoms with Crippen LogP contribution < -0.4 is 9.46 Å². The van der Waals surface area contributed by atoms with Gasteiger partial charge in [-0.15, -0.1) is 0 Å². The van der Waals surface area contributed by atoms with E-state index in [9.17, 15) is 8.42 Å². The predicted molar refractivity (Wildman–Crippen MR) is 85.7 cm³/mol. The summed E-state index contributed by atoms with van der Waals surface area (Å²) in [5.74, 6) is 0.739. The first kappa shape index (κ1) is 16.0. The zero-order chi connectivity index (χ0) is 15.6. The van der Waals surface area contributed by atoms with Gasteiger partial charge in [-0.2, -0.15) is 0 Å². The molecule has 116 valence electrons. The minimum absolute atomic E-state index is 0.0628. The zero-order valence-electron chi connectivity index (χ0n) is 12.2. The first-order valence-electron chi connectivity index (χ1n) is 6.61. The molecule has 2 N–H and O–H groups in total. The van der Waals surface area contributed by atoms with Crippen molar-refractivity contribution in [3.63, 3.8) is 0 Å². The third-order valence-corrected chi connectivity index (χ3v) is 3.89. The van der Waals surface area contributed by atoms with Gasteiger partial charge in [-0.25, -0.2) is 13.1 Å². The SMILES string of the molecule is CC(C)Oc1cccc2c1[nH]c(=S)n2CCNS(C)(=O)=O. The molecule has 2 aromatic rings. The largest absolute Gasteiger partial charge is 0.489 e. The molecule has 6 nitrogen and oxygen atoms in total. The number of H-pyrrole nitrogens is 1. The number of rotatable bonds is 6. The second-order valence-corrected chi connectivity index (χ2v) is 7.28. The number of sulfonamides is 1. The maximum atomic E-state index is 11.1. The highest BCUT2D eigenvalue weighted by atomic mass is 32.2. The molecule has 0 aliphatic carbocycles. The average molecular weight is 329 g/mol. The fraction of sp³-hybridized carbons (Fsp3) is 0.462. The number of imidazole rings is 1. The van der Waals surface area contributed by atoms with E-state index in [-0.39, 0.29) is 12.6 Å². The molecule has 0 unspecified atom stereocenters. The van der Waals surface area contributed by atoms with Crippen molar-refractivity contribution in [1.29, 1.82) is 0 Å². The van der Waals surface area contributed by atoms with Crippen LogP contribution in [0.2, 0.25) is 0 Å². The van der Waals surface area contributed by atoms with Crippen LogP contribution in [-0.2, 0) is 16.6 Å². The van der Waals surface area contributed by atoms with Crippen molar-refractivity contribution in [3.8, 4) is 5.75 Å². The number of hydrogen-bond acceptors (Lipinski definition) is 4. The lowest BCUT2D eigenvalue weighted by Gasteiger charge is -2.10. The van der Waals surface area contributed by atoms with Crippen LogP contribution in [0.25, 0.3) is 11.0 Å². The molecular formula is C13H19N3O3S2. The van der Waals surface area contributed by atoms with Crippen LogP contribution in [-0.4, -0.2) is 36.9 Å². The van der Waals surface area contributed by atoms with Gasteiger partial charge < -0.3 is 14.3 Å². The normalized spacial score (nSPS) is 12.2. The van der Waals surface area contributed by atoms with E-state index >= 15 is 0 Å². The fourth-order valence-corrected chi connectivity index (χ4v) is 2.82. The van der Waals surface area contributed by atoms with Gasteiger partial charge in [0.05, 0.1) is 17.9 Å². The van der Waals surface area contributed by atoms with Gasteiger partial charge in [0.15, 0.2) is 4.77 Å². The van der Waals surface area contributed by atoms with Crippen molar-refractivity contribution in [2.75, 3.05) is 12.8 Å². The van der Waals surface area contributed by atoms with E-state index in [1.54, 1.807) is 0 Å². The Morgan fingerprint density at radius 3 is 2.76 bits per heavy atom. The molecule has 0 aliphatic rings. The first-order valence-corrected chi connectivity index (χ1v) is 8.91. The summed E-state index contributed by atoms with van der Waals surface area (Å²) in [5.41, 5.74) is 1.73. The Kier molecular flexibility index (Phi) is 4.70. The van der Waals surface area contributed by atoms with Crippen LogP contribution >= 0.6 is 12.2 Å². The molecule has 0 saturated carbocycles. The quantitative estimate of drug-likeness (QED) is 0.795. The number of hydrogen-bond donors (Lipinski definition) is 2. The molecule has 1 heterocycles. The van der Waals surface area contributed by atoms with E-state index < -0.39 is 10.0 Å². The van der Waals surface area contributed by atoms with Crippen molar-refractivity contribution in [1.82, 2.24) is 14.3 Å². The summed E-state index contributed by atoms with van der Waals surface area (Å²) in [6.07, 6.45) is 1.20. The fourth-order valence-electron chi connectivity index (χ4n) is 2.07. The Labute approximate surface area is 129 Å². The number of fused-ring (bicyclic) bond motifs is 1. The van der Waals surface area contributed by atoms with Gasteiger partial charge >= 0.3 is 0 Å². The molecule has 21 heavy (non-hydrogen) atoms. The van der Waals surface area contributed by atoms with Crippen molar-refractivity contribution in [2.45, 2.75) is 26.5 Å². The monoisotopic (exact) mass is 329 g/mol. The van der Waals surface area contributed by atoms with E-state index in [2.05, 4.69) is 9.71 Å². The molecule has 0 fully saturated rings. The standard InChI is InChI=1S/C13H19N3O3S2/c1-9(2)19-11-6-4-5-10-12(11)15-13(20)16(10)8-7-14-21(3,17)18/h4-6,9,14H,7-8H2,1-3H3,(H,15,20). The molecule has 0 aliphatic heterocycles. The van der Waals surface area contributed by atoms with E-state index in [1.165, 1.54) is 0 Å². The van der Waals surface area contributed by atoms with Gasteiger partial charge in [0, 0.05) is 13.1 Å². The summed E-state index contributed by atoms with van der Waals surface area (Å²) in [5, 5.41) is 0. The number of nitrogens with zero attached hydrogens (tertiary/aromatic N) is 1. The molecule has 8 heteroatoms. The number of aromatic amines is 1. The maximum Gasteiger partial charge on any atom is 0.208 e. The number of para-hydroxylation sites is 1. The van der Waals surface area contributed by atoms with Crippen LogP contribution in [0.1, 0.15) is 13.8 Å². The summed E-state index contributed by atoms with van der Waals surface area (Å²) in [7, 11) is -3.20. The van der Waals surface area contributed by atoms with E-state index in [0.29, 0.717) is 11.3 Å². The molecule has 2 rings (SSSR count). The highest BCUT2D eigenvalue weighted by Gasteiger charge is 2.10. The molecular weight excluding hydrogens is 310 g/mol. The lowest BCUT2D eigenvalue weighted by molar-refractivity contribution is 0.245. The lowest BCUT2D eigenvalue weighted by Crippen LogP contribution is -2.26. The minimum atomic E-state index is -3.20. The molecule has 0 bridgehead atoms. The van der Waals surface area contributed by atoms with E-state index in [4.69, 9.17) is 17.0 Å². The molecule has 0 amide bonds. The summed E-state index contributed by atoms with van der Waals surface area (Å²) in [6.45, 7) is 4.66. The van der Waals surface area contributed by atoms with Crippen molar-refractivity contribution in [3.05, 3.63) is 23.0 Å². The number of ether oxygens (including phenoxy) is 1. The molecule has 0 atom stereocenters. The van der Waals surface area contributed by atoms with Gasteiger partial charge in [-0.3, -0.25) is 0 Å². The zero-order valence-corrected chi connectivity index (χ0v) is 13.8. The smallest absolute Gasteiger partial charge is 0.208 e. The third kappa shape index (κ3) is 4.05. The Hall–Kier alpha value is -1.38. The Morgan fingerprint density at radius 2 is 2.14 bits per heavy atom. The Morgan fingerprint density at radius 1 is 1.43 bits per heavy atom. The second-order valence-electron chi connectivity index (χ2n) is 5.07. The Balaban J connectivity index is 2.33. The Bertz CT molecular complexity index is 791. The summed E-state index contributed by atoms with van der Waals surface area (Å²) in [6, 6.07) is 5.70. The van der Waals surface area contributed by atoms with E-state index in [1.807, 2.05) is 36.6 Å². The van der Waals surface area contributed by atoms with Crippen molar-refractivity contribution in [2.24, 2.45) is 0 Å². The molecule has 0 spiro atoms. The number of benzene rings is 1. The molecule has 1 aromatic heterocycles. The minimum Gasteiger partial charge on any atom is -0.489 e. The molecule has 0 saturated heterocycles. The number of nitrogens with one attached hydrogen (secondary N) is 2. The highest BCUT2D eigenvalue weighted by Crippen LogP contribution is 2.25. The summed E-state index contributed by atoms with van der Waals surface area (Å²) >= 11 is 5.31. The summed E-state index contributed by atoms with van der Waals surface area (Å²) in [4.78, 5) is 3.12. The van der Waals surface area contributed by atoms with Crippen LogP contribution in [0.3, 0.4) is 0 Å². The van der Waals surface area contributed by atoms with Crippen LogP contribution in [0.15, 0.2) is 18.2 Å². The lowest BCUT2D eigenvalue weighted by atomic mass is 10.3. The van der Waals surface area contributed by atoms with E-state index in [0.717, 1.165) is 23.0 Å². The highest BCUT2D eigenvalue weighted by molar-refractivity contribution is 7.88. The van der Waals surface area contributed by atoms with Crippen molar-refractivity contribution >= 4 is 33.3 Å². The van der Waals surface area contributed by atoms with Crippen molar-refractivity contribution < 1.29 is 13.2 Å². The van der Waals surface area contributed by atoms with Crippen LogP contribution in [0.5, 0.6) is 5.75 Å². The topological polar surface area (TPSA) is 76.1 Å². The van der Waals surface area contributed by atoms with Gasteiger partial charge in [0.25, 0.3) is 0 Å². The molecule has 1 aromatic carbocycles. The van der Waals surface area contributed by atoms with Crippen LogP contribution in [0.4, 0.5) is 0 Å². The van der Waals surface area contributed by atoms with Gasteiger partial charge in [-0.05, 0) is 38.2 Å². The van der Waals surface area contributed by atoms with Gasteiger partial charge in [-0.1, -0.05) is 6.07 Å². The third-order valence-electron chi connectivity index (χ3n) is 2.83. The van der Waals surface area contributed by atoms with Crippen LogP contribution in [0, 0.1) is 4.77 Å². The maximum absolute atomic E-state index is 11.1. The first-order chi connectivity index (χ1) is 9.78. The summed E-state index contributed by atoms with van der Waals surface area (Å²) < 4.78 is 32.8.